The molecule has 0 aliphatic heterocycles. The maximum Gasteiger partial charge on any atom is 0.214 e. The van der Waals surface area contributed by atoms with Crippen LogP contribution in [0.1, 0.15) is 5.69 Å². The van der Waals surface area contributed by atoms with Gasteiger partial charge in [-0.15, -0.1) is 0 Å². The molecule has 17 heavy (non-hydrogen) atoms. The second kappa shape index (κ2) is 3.56. The van der Waals surface area contributed by atoms with Crippen molar-refractivity contribution in [1.82, 2.24) is 19.3 Å². The fourth-order valence-electron chi connectivity index (χ4n) is 2.13. The predicted octanol–water partition coefficient (Wildman–Crippen LogP) is 1.68. The summed E-state index contributed by atoms with van der Waals surface area (Å²) < 4.78 is 17.2. The molecule has 0 unspecified atom stereocenters. The molecule has 3 aromatic rings. The van der Waals surface area contributed by atoms with Crippen LogP contribution in [0.3, 0.4) is 0 Å². The Morgan fingerprint density at radius 2 is 2.24 bits per heavy atom. The van der Waals surface area contributed by atoms with Crippen molar-refractivity contribution < 1.29 is 4.39 Å². The highest BCUT2D eigenvalue weighted by molar-refractivity contribution is 5.79. The molecule has 88 valence electrons. The molecule has 0 atom stereocenters. The Labute approximate surface area is 97.7 Å². The highest BCUT2D eigenvalue weighted by Crippen LogP contribution is 2.19. The van der Waals surface area contributed by atoms with Gasteiger partial charge in [-0.2, -0.15) is 0 Å². The van der Waals surface area contributed by atoms with Crippen LogP contribution in [0.15, 0.2) is 24.4 Å². The fraction of sp³-hybridized carbons (Fsp3) is 0.250. The van der Waals surface area contributed by atoms with E-state index in [0.717, 1.165) is 29.0 Å². The summed E-state index contributed by atoms with van der Waals surface area (Å²) in [6, 6.07) is 4.65. The smallest absolute Gasteiger partial charge is 0.214 e. The van der Waals surface area contributed by atoms with E-state index in [0.29, 0.717) is 0 Å². The van der Waals surface area contributed by atoms with Gasteiger partial charge in [-0.3, -0.25) is 4.40 Å². The summed E-state index contributed by atoms with van der Waals surface area (Å²) in [6.07, 6.45) is 1.99. The van der Waals surface area contributed by atoms with Crippen LogP contribution in [0.2, 0.25) is 0 Å². The summed E-state index contributed by atoms with van der Waals surface area (Å²) in [7, 11) is 3.86. The van der Waals surface area contributed by atoms with Crippen molar-refractivity contribution >= 4 is 16.8 Å². The molecule has 0 spiro atoms. The van der Waals surface area contributed by atoms with Crippen molar-refractivity contribution in [3.63, 3.8) is 0 Å². The van der Waals surface area contributed by atoms with Crippen molar-refractivity contribution in [2.24, 2.45) is 7.05 Å². The first-order valence-electron chi connectivity index (χ1n) is 5.47. The zero-order valence-corrected chi connectivity index (χ0v) is 9.74. The van der Waals surface area contributed by atoms with Crippen LogP contribution in [0.5, 0.6) is 0 Å². The summed E-state index contributed by atoms with van der Waals surface area (Å²) >= 11 is 0. The summed E-state index contributed by atoms with van der Waals surface area (Å²) in [5.74, 6) is 0.592. The summed E-state index contributed by atoms with van der Waals surface area (Å²) in [4.78, 5) is 4.49. The second-order valence-electron chi connectivity index (χ2n) is 4.12. The standard InChI is InChI=1S/C12H13FN4/c1-14-6-9-7-17-11-5-8(13)3-4-10(11)15-12(17)16(9)2/h3-5,7,14H,6H2,1-2H3. The molecule has 2 heterocycles. The first kappa shape index (κ1) is 10.3. The van der Waals surface area contributed by atoms with Crippen LogP contribution in [0.25, 0.3) is 16.8 Å². The number of benzene rings is 1. The molecule has 0 amide bonds. The number of nitrogens with one attached hydrogen (secondary N) is 1. The van der Waals surface area contributed by atoms with Crippen LogP contribution in [0, 0.1) is 5.82 Å². The molecule has 0 fully saturated rings. The predicted molar refractivity (Wildman–Crippen MR) is 64.4 cm³/mol. The molecule has 0 saturated carbocycles. The third-order valence-electron chi connectivity index (χ3n) is 3.00. The van der Waals surface area contributed by atoms with Gasteiger partial charge in [-0.1, -0.05) is 0 Å². The third kappa shape index (κ3) is 1.43. The lowest BCUT2D eigenvalue weighted by atomic mass is 10.3. The van der Waals surface area contributed by atoms with Gasteiger partial charge in [0.05, 0.1) is 16.7 Å². The lowest BCUT2D eigenvalue weighted by Crippen LogP contribution is -2.08. The molecule has 0 aliphatic rings. The number of hydrogen-bond donors (Lipinski definition) is 1. The minimum absolute atomic E-state index is 0.238. The molecule has 0 radical (unpaired) electrons. The van der Waals surface area contributed by atoms with E-state index in [2.05, 4.69) is 10.3 Å². The van der Waals surface area contributed by atoms with Crippen LogP contribution in [-0.2, 0) is 13.6 Å². The Morgan fingerprint density at radius 1 is 1.41 bits per heavy atom. The Hall–Kier alpha value is -1.88. The Balaban J connectivity index is 2.34. The van der Waals surface area contributed by atoms with Gasteiger partial charge >= 0.3 is 0 Å². The normalized spacial score (nSPS) is 11.7. The fourth-order valence-corrected chi connectivity index (χ4v) is 2.13. The Morgan fingerprint density at radius 3 is 3.00 bits per heavy atom. The molecular formula is C12H13FN4. The highest BCUT2D eigenvalue weighted by atomic mass is 19.1. The Bertz CT molecular complexity index is 695. The minimum atomic E-state index is -0.238. The molecule has 4 nitrogen and oxygen atoms in total. The van der Waals surface area contributed by atoms with E-state index in [1.54, 1.807) is 6.07 Å². The van der Waals surface area contributed by atoms with Gasteiger partial charge in [0.25, 0.3) is 0 Å². The van der Waals surface area contributed by atoms with Crippen molar-refractivity contribution in [3.8, 4) is 0 Å². The summed E-state index contributed by atoms with van der Waals surface area (Å²) in [6.45, 7) is 0.761. The zero-order valence-electron chi connectivity index (χ0n) is 9.74. The molecule has 0 bridgehead atoms. The van der Waals surface area contributed by atoms with Crippen molar-refractivity contribution in [2.45, 2.75) is 6.54 Å². The number of aryl methyl sites for hydroxylation is 1. The number of halogens is 1. The molecule has 0 aliphatic carbocycles. The van der Waals surface area contributed by atoms with Crippen LogP contribution in [0.4, 0.5) is 4.39 Å². The van der Waals surface area contributed by atoms with E-state index in [1.807, 2.05) is 29.3 Å². The van der Waals surface area contributed by atoms with Crippen molar-refractivity contribution in [3.05, 3.63) is 35.9 Å². The van der Waals surface area contributed by atoms with Crippen molar-refractivity contribution in [2.75, 3.05) is 7.05 Å². The number of fused-ring (bicyclic) bond motifs is 3. The lowest BCUT2D eigenvalue weighted by molar-refractivity contribution is 0.629. The first-order valence-corrected chi connectivity index (χ1v) is 5.47. The van der Waals surface area contributed by atoms with Gasteiger partial charge < -0.3 is 9.88 Å². The molecular weight excluding hydrogens is 219 g/mol. The van der Waals surface area contributed by atoms with Gasteiger partial charge in [-0.05, 0) is 19.2 Å². The first-order chi connectivity index (χ1) is 8.20. The summed E-state index contributed by atoms with van der Waals surface area (Å²) in [5, 5.41) is 3.10. The van der Waals surface area contributed by atoms with Gasteiger partial charge in [0.15, 0.2) is 0 Å². The quantitative estimate of drug-likeness (QED) is 0.729. The third-order valence-corrected chi connectivity index (χ3v) is 3.00. The second-order valence-corrected chi connectivity index (χ2v) is 4.12. The monoisotopic (exact) mass is 232 g/mol. The molecule has 5 heteroatoms. The Kier molecular flexibility index (Phi) is 2.16. The molecule has 1 N–H and O–H groups in total. The maximum atomic E-state index is 13.2. The SMILES string of the molecule is CNCc1cn2c3cc(F)ccc3nc2n1C. The number of rotatable bonds is 2. The molecule has 0 saturated heterocycles. The number of nitrogens with zero attached hydrogens (tertiary/aromatic N) is 3. The van der Waals surface area contributed by atoms with E-state index in [1.165, 1.54) is 12.1 Å². The van der Waals surface area contributed by atoms with Gasteiger partial charge in [0, 0.05) is 25.9 Å². The zero-order chi connectivity index (χ0) is 12.0. The summed E-state index contributed by atoms with van der Waals surface area (Å²) in [5.41, 5.74) is 2.73. The lowest BCUT2D eigenvalue weighted by Gasteiger charge is -1.99. The van der Waals surface area contributed by atoms with Crippen LogP contribution < -0.4 is 5.32 Å². The number of imidazole rings is 2. The van der Waals surface area contributed by atoms with Gasteiger partial charge in [-0.25, -0.2) is 9.37 Å². The topological polar surface area (TPSA) is 34.3 Å². The maximum absolute atomic E-state index is 13.2. The molecule has 1 aromatic carbocycles. The van der Waals surface area contributed by atoms with E-state index < -0.39 is 0 Å². The van der Waals surface area contributed by atoms with E-state index >= 15 is 0 Å². The van der Waals surface area contributed by atoms with Gasteiger partial charge in [0.1, 0.15) is 5.82 Å². The van der Waals surface area contributed by atoms with Gasteiger partial charge in [0.2, 0.25) is 5.78 Å². The number of hydrogen-bond acceptors (Lipinski definition) is 2. The minimum Gasteiger partial charge on any atom is -0.316 e. The highest BCUT2D eigenvalue weighted by Gasteiger charge is 2.11. The average Bonchev–Trinajstić information content (AvgIpc) is 2.79. The molecule has 2 aromatic heterocycles. The van der Waals surface area contributed by atoms with Crippen LogP contribution in [-0.4, -0.2) is 21.0 Å². The van der Waals surface area contributed by atoms with E-state index in [9.17, 15) is 4.39 Å². The van der Waals surface area contributed by atoms with E-state index in [4.69, 9.17) is 0 Å². The number of aromatic nitrogens is 3. The van der Waals surface area contributed by atoms with Crippen LogP contribution >= 0.6 is 0 Å². The van der Waals surface area contributed by atoms with Crippen molar-refractivity contribution in [1.29, 1.82) is 0 Å². The largest absolute Gasteiger partial charge is 0.316 e. The molecule has 3 rings (SSSR count). The average molecular weight is 232 g/mol. The van der Waals surface area contributed by atoms with E-state index in [-0.39, 0.29) is 5.82 Å².